The standard InChI is InChI=1S/C21H21N3O8S/c1-12-7-16(23-32-12)30-8-13-10-33-20-17(19(27)24(20)18(13)21(28)31-11-25)22-15(26)9-29-14-5-3-2-4-6-14/h2-7,17,20,25H,8-11H2,1H3,(H,22,26). The summed E-state index contributed by atoms with van der Waals surface area (Å²) < 4.78 is 20.6. The summed E-state index contributed by atoms with van der Waals surface area (Å²) in [7, 11) is 0. The number of aryl methyl sites for hydroxylation is 1. The second kappa shape index (κ2) is 9.96. The van der Waals surface area contributed by atoms with Crippen molar-refractivity contribution in [1.82, 2.24) is 15.4 Å². The van der Waals surface area contributed by atoms with Crippen LogP contribution in [0.3, 0.4) is 0 Å². The molecule has 4 rings (SSSR count). The molecule has 1 aromatic carbocycles. The molecule has 1 saturated heterocycles. The van der Waals surface area contributed by atoms with Crippen LogP contribution in [0.25, 0.3) is 0 Å². The fraction of sp³-hybridized carbons (Fsp3) is 0.333. The summed E-state index contributed by atoms with van der Waals surface area (Å²) in [6.07, 6.45) is 0. The van der Waals surface area contributed by atoms with E-state index >= 15 is 0 Å². The second-order valence-corrected chi connectivity index (χ2v) is 8.24. The van der Waals surface area contributed by atoms with Crippen LogP contribution in [0.5, 0.6) is 11.6 Å². The number of β-lactam (4-membered cyclic amide) rings is 1. The number of nitrogens with zero attached hydrogens (tertiary/aromatic N) is 2. The fourth-order valence-corrected chi connectivity index (χ4v) is 4.69. The third-order valence-corrected chi connectivity index (χ3v) is 6.21. The highest BCUT2D eigenvalue weighted by Crippen LogP contribution is 2.40. The van der Waals surface area contributed by atoms with Crippen molar-refractivity contribution in [1.29, 1.82) is 0 Å². The first-order valence-corrected chi connectivity index (χ1v) is 11.0. The van der Waals surface area contributed by atoms with Crippen molar-refractivity contribution in [3.05, 3.63) is 53.4 Å². The number of rotatable bonds is 9. The average molecular weight is 475 g/mol. The number of aliphatic hydroxyl groups excluding tert-OH is 1. The van der Waals surface area contributed by atoms with Crippen LogP contribution in [-0.4, -0.2) is 70.1 Å². The van der Waals surface area contributed by atoms with Crippen LogP contribution < -0.4 is 14.8 Å². The Morgan fingerprint density at radius 3 is 2.79 bits per heavy atom. The first kappa shape index (κ1) is 22.7. The third-order valence-electron chi connectivity index (χ3n) is 4.87. The molecule has 0 spiro atoms. The topological polar surface area (TPSA) is 140 Å². The highest BCUT2D eigenvalue weighted by molar-refractivity contribution is 8.00. The van der Waals surface area contributed by atoms with Crippen molar-refractivity contribution < 1.29 is 38.2 Å². The Bertz CT molecular complexity index is 1070. The number of para-hydroxylation sites is 1. The van der Waals surface area contributed by atoms with Crippen LogP contribution >= 0.6 is 11.8 Å². The van der Waals surface area contributed by atoms with Gasteiger partial charge in [0.15, 0.2) is 13.4 Å². The molecule has 11 nitrogen and oxygen atoms in total. The molecule has 2 aromatic rings. The van der Waals surface area contributed by atoms with E-state index in [-0.39, 0.29) is 24.8 Å². The van der Waals surface area contributed by atoms with E-state index in [1.54, 1.807) is 37.3 Å². The molecule has 2 atom stereocenters. The molecule has 12 heteroatoms. The van der Waals surface area contributed by atoms with E-state index in [1.807, 2.05) is 6.07 Å². The lowest BCUT2D eigenvalue weighted by molar-refractivity contribution is -0.157. The summed E-state index contributed by atoms with van der Waals surface area (Å²) in [6.45, 7) is 0.585. The number of esters is 1. The quantitative estimate of drug-likeness (QED) is 0.301. The van der Waals surface area contributed by atoms with Crippen molar-refractivity contribution >= 4 is 29.5 Å². The SMILES string of the molecule is Cc1cc(OCC2=C(C(=O)OCO)N3C(=O)C(NC(=O)COc4ccccc4)C3SC2)no1. The number of carbonyl (C=O) groups is 3. The Morgan fingerprint density at radius 2 is 2.09 bits per heavy atom. The van der Waals surface area contributed by atoms with Gasteiger partial charge in [-0.2, -0.15) is 0 Å². The number of aromatic nitrogens is 1. The van der Waals surface area contributed by atoms with Crippen LogP contribution in [0.4, 0.5) is 0 Å². The van der Waals surface area contributed by atoms with Gasteiger partial charge in [0.05, 0.1) is 0 Å². The minimum absolute atomic E-state index is 0.0101. The highest BCUT2D eigenvalue weighted by Gasteiger charge is 2.54. The summed E-state index contributed by atoms with van der Waals surface area (Å²) in [5.41, 5.74) is 0.477. The zero-order chi connectivity index (χ0) is 23.4. The van der Waals surface area contributed by atoms with Gasteiger partial charge in [-0.25, -0.2) is 4.79 Å². The zero-order valence-electron chi connectivity index (χ0n) is 17.6. The maximum atomic E-state index is 12.8. The van der Waals surface area contributed by atoms with Crippen LogP contribution in [-0.2, 0) is 19.1 Å². The van der Waals surface area contributed by atoms with Crippen molar-refractivity contribution in [3.8, 4) is 11.6 Å². The highest BCUT2D eigenvalue weighted by atomic mass is 32.2. The van der Waals surface area contributed by atoms with Crippen molar-refractivity contribution in [2.24, 2.45) is 0 Å². The summed E-state index contributed by atoms with van der Waals surface area (Å²) in [5, 5.41) is 14.9. The number of hydrogen-bond donors (Lipinski definition) is 2. The molecule has 1 fully saturated rings. The van der Waals surface area contributed by atoms with Gasteiger partial charge in [-0.3, -0.25) is 14.5 Å². The van der Waals surface area contributed by atoms with E-state index in [1.165, 1.54) is 16.7 Å². The average Bonchev–Trinajstić information content (AvgIpc) is 3.25. The first-order chi connectivity index (χ1) is 16.0. The maximum absolute atomic E-state index is 12.8. The monoisotopic (exact) mass is 475 g/mol. The third kappa shape index (κ3) is 4.96. The largest absolute Gasteiger partial charge is 0.484 e. The van der Waals surface area contributed by atoms with E-state index in [0.717, 1.165) is 0 Å². The number of aliphatic hydroxyl groups is 1. The Hall–Kier alpha value is -3.51. The number of fused-ring (bicyclic) bond motifs is 1. The lowest BCUT2D eigenvalue weighted by Gasteiger charge is -2.49. The van der Waals surface area contributed by atoms with Gasteiger partial charge >= 0.3 is 5.97 Å². The lowest BCUT2D eigenvalue weighted by Crippen LogP contribution is -2.71. The number of benzene rings is 1. The first-order valence-electron chi connectivity index (χ1n) is 9.96. The van der Waals surface area contributed by atoms with E-state index in [9.17, 15) is 14.4 Å². The number of carbonyl (C=O) groups excluding carboxylic acids is 3. The summed E-state index contributed by atoms with van der Waals surface area (Å²) in [6, 6.07) is 9.59. The van der Waals surface area contributed by atoms with Crippen LogP contribution in [0.15, 0.2) is 52.2 Å². The van der Waals surface area contributed by atoms with E-state index in [0.29, 0.717) is 22.8 Å². The molecule has 2 aliphatic rings. The van der Waals surface area contributed by atoms with Gasteiger partial charge in [-0.1, -0.05) is 18.2 Å². The number of hydrogen-bond acceptors (Lipinski definition) is 10. The Labute approximate surface area is 192 Å². The molecule has 0 radical (unpaired) electrons. The lowest BCUT2D eigenvalue weighted by atomic mass is 10.0. The van der Waals surface area contributed by atoms with Gasteiger partial charge in [0.25, 0.3) is 17.7 Å². The summed E-state index contributed by atoms with van der Waals surface area (Å²) in [4.78, 5) is 38.9. The van der Waals surface area contributed by atoms with Crippen molar-refractivity contribution in [2.75, 3.05) is 25.8 Å². The molecule has 0 saturated carbocycles. The van der Waals surface area contributed by atoms with Gasteiger partial charge in [-0.05, 0) is 24.2 Å². The Morgan fingerprint density at radius 1 is 1.30 bits per heavy atom. The summed E-state index contributed by atoms with van der Waals surface area (Å²) in [5.74, 6) is -0.122. The van der Waals surface area contributed by atoms with E-state index in [4.69, 9.17) is 23.8 Å². The Balaban J connectivity index is 1.42. The van der Waals surface area contributed by atoms with Gasteiger partial charge in [0, 0.05) is 17.4 Å². The minimum Gasteiger partial charge on any atom is -0.484 e. The number of amides is 2. The Kier molecular flexibility index (Phi) is 6.84. The zero-order valence-corrected chi connectivity index (χ0v) is 18.4. The van der Waals surface area contributed by atoms with Gasteiger partial charge in [0.2, 0.25) is 0 Å². The van der Waals surface area contributed by atoms with Gasteiger partial charge in [-0.15, -0.1) is 11.8 Å². The number of nitrogens with one attached hydrogen (secondary N) is 1. The molecular weight excluding hydrogens is 454 g/mol. The molecule has 1 aromatic heterocycles. The number of thioether (sulfide) groups is 1. The second-order valence-electron chi connectivity index (χ2n) is 7.13. The van der Waals surface area contributed by atoms with Crippen molar-refractivity contribution in [2.45, 2.75) is 18.3 Å². The fourth-order valence-electron chi connectivity index (χ4n) is 3.36. The van der Waals surface area contributed by atoms with Crippen LogP contribution in [0.2, 0.25) is 0 Å². The van der Waals surface area contributed by atoms with E-state index < -0.39 is 36.0 Å². The van der Waals surface area contributed by atoms with Gasteiger partial charge in [0.1, 0.15) is 35.2 Å². The molecular formula is C21H21N3O8S. The molecule has 0 bridgehead atoms. The molecule has 174 valence electrons. The van der Waals surface area contributed by atoms with E-state index in [2.05, 4.69) is 10.5 Å². The van der Waals surface area contributed by atoms with Crippen LogP contribution in [0, 0.1) is 6.92 Å². The molecule has 33 heavy (non-hydrogen) atoms. The molecule has 2 aliphatic heterocycles. The molecule has 2 amide bonds. The number of ether oxygens (including phenoxy) is 3. The molecule has 0 aliphatic carbocycles. The normalized spacial score (nSPS) is 19.5. The summed E-state index contributed by atoms with van der Waals surface area (Å²) >= 11 is 1.37. The smallest absolute Gasteiger partial charge is 0.357 e. The molecule has 3 heterocycles. The predicted octanol–water partition coefficient (Wildman–Crippen LogP) is 0.588. The molecule has 2 unspecified atom stereocenters. The molecule has 2 N–H and O–H groups in total. The minimum atomic E-state index is -0.858. The van der Waals surface area contributed by atoms with Crippen molar-refractivity contribution in [3.63, 3.8) is 0 Å². The predicted molar refractivity (Wildman–Crippen MR) is 114 cm³/mol. The van der Waals surface area contributed by atoms with Crippen LogP contribution in [0.1, 0.15) is 5.76 Å². The van der Waals surface area contributed by atoms with Gasteiger partial charge < -0.3 is 29.2 Å². The maximum Gasteiger partial charge on any atom is 0.357 e.